The number of anilines is 1. The standard InChI is InChI=1S/C13H22N2S/c1-4-11-5-7-12(8-6-11)15-13-14-9(2)10(3)16-13/h11-12H,4-8H2,1-3H3,(H,14,15). The zero-order valence-corrected chi connectivity index (χ0v) is 11.4. The molecule has 1 aromatic heterocycles. The molecule has 1 N–H and O–H groups in total. The van der Waals surface area contributed by atoms with Crippen LogP contribution in [0.4, 0.5) is 5.13 Å². The van der Waals surface area contributed by atoms with Gasteiger partial charge in [-0.1, -0.05) is 13.3 Å². The van der Waals surface area contributed by atoms with Gasteiger partial charge < -0.3 is 5.32 Å². The summed E-state index contributed by atoms with van der Waals surface area (Å²) in [6, 6.07) is 0.660. The lowest BCUT2D eigenvalue weighted by molar-refractivity contribution is 0.330. The molecule has 0 bridgehead atoms. The van der Waals surface area contributed by atoms with E-state index < -0.39 is 0 Å². The molecule has 2 nitrogen and oxygen atoms in total. The van der Waals surface area contributed by atoms with Gasteiger partial charge in [-0.3, -0.25) is 0 Å². The summed E-state index contributed by atoms with van der Waals surface area (Å²) in [5, 5.41) is 4.71. The van der Waals surface area contributed by atoms with Crippen molar-refractivity contribution in [2.75, 3.05) is 5.32 Å². The lowest BCUT2D eigenvalue weighted by atomic mass is 9.85. The van der Waals surface area contributed by atoms with Crippen molar-refractivity contribution in [1.29, 1.82) is 0 Å². The number of aryl methyl sites for hydroxylation is 2. The summed E-state index contributed by atoms with van der Waals surface area (Å²) in [5.41, 5.74) is 1.18. The van der Waals surface area contributed by atoms with Gasteiger partial charge in [-0.2, -0.15) is 0 Å². The minimum Gasteiger partial charge on any atom is -0.359 e. The molecule has 0 unspecified atom stereocenters. The van der Waals surface area contributed by atoms with E-state index in [4.69, 9.17) is 0 Å². The van der Waals surface area contributed by atoms with Crippen LogP contribution in [0.1, 0.15) is 49.6 Å². The van der Waals surface area contributed by atoms with Gasteiger partial charge in [0.25, 0.3) is 0 Å². The molecule has 0 aromatic carbocycles. The second-order valence-electron chi connectivity index (χ2n) is 4.93. The van der Waals surface area contributed by atoms with Crippen LogP contribution in [0.5, 0.6) is 0 Å². The van der Waals surface area contributed by atoms with Gasteiger partial charge in [0, 0.05) is 10.9 Å². The Labute approximate surface area is 102 Å². The first kappa shape index (κ1) is 11.9. The Morgan fingerprint density at radius 1 is 1.25 bits per heavy atom. The molecule has 0 radical (unpaired) electrons. The van der Waals surface area contributed by atoms with Crippen LogP contribution in [0.25, 0.3) is 0 Å². The smallest absolute Gasteiger partial charge is 0.183 e. The monoisotopic (exact) mass is 238 g/mol. The van der Waals surface area contributed by atoms with Crippen molar-refractivity contribution >= 4 is 16.5 Å². The highest BCUT2D eigenvalue weighted by atomic mass is 32.1. The Hall–Kier alpha value is -0.570. The molecule has 0 saturated heterocycles. The maximum Gasteiger partial charge on any atom is 0.183 e. The molecule has 1 aliphatic carbocycles. The number of rotatable bonds is 3. The Bertz CT molecular complexity index is 318. The van der Waals surface area contributed by atoms with Gasteiger partial charge in [-0.15, -0.1) is 11.3 Å². The molecule has 3 heteroatoms. The summed E-state index contributed by atoms with van der Waals surface area (Å²) in [5.74, 6) is 0.970. The molecule has 0 aliphatic heterocycles. The highest BCUT2D eigenvalue weighted by molar-refractivity contribution is 7.15. The first-order valence-corrected chi connectivity index (χ1v) is 7.21. The molecule has 2 rings (SSSR count). The average molecular weight is 238 g/mol. The average Bonchev–Trinajstić information content (AvgIpc) is 2.59. The summed E-state index contributed by atoms with van der Waals surface area (Å²) >= 11 is 1.79. The number of nitrogens with zero attached hydrogens (tertiary/aromatic N) is 1. The van der Waals surface area contributed by atoms with E-state index in [2.05, 4.69) is 31.1 Å². The zero-order chi connectivity index (χ0) is 11.5. The van der Waals surface area contributed by atoms with Crippen molar-refractivity contribution in [3.63, 3.8) is 0 Å². The highest BCUT2D eigenvalue weighted by Crippen LogP contribution is 2.30. The van der Waals surface area contributed by atoms with E-state index in [0.29, 0.717) is 6.04 Å². The molecule has 1 aliphatic rings. The molecular formula is C13H22N2S. The molecule has 0 spiro atoms. The predicted octanol–water partition coefficient (Wildman–Crippen LogP) is 4.14. The van der Waals surface area contributed by atoms with E-state index in [9.17, 15) is 0 Å². The Kier molecular flexibility index (Phi) is 3.85. The van der Waals surface area contributed by atoms with E-state index >= 15 is 0 Å². The Balaban J connectivity index is 1.87. The van der Waals surface area contributed by atoms with Crippen molar-refractivity contribution in [3.05, 3.63) is 10.6 Å². The van der Waals surface area contributed by atoms with Crippen LogP contribution < -0.4 is 5.32 Å². The molecular weight excluding hydrogens is 216 g/mol. The van der Waals surface area contributed by atoms with Crippen LogP contribution in [0, 0.1) is 19.8 Å². The topological polar surface area (TPSA) is 24.9 Å². The number of aromatic nitrogens is 1. The van der Waals surface area contributed by atoms with Crippen molar-refractivity contribution in [2.45, 2.75) is 58.9 Å². The van der Waals surface area contributed by atoms with Gasteiger partial charge in [0.05, 0.1) is 5.69 Å². The SMILES string of the molecule is CCC1CCC(Nc2nc(C)c(C)s2)CC1. The van der Waals surface area contributed by atoms with Gasteiger partial charge in [-0.05, 0) is 45.4 Å². The van der Waals surface area contributed by atoms with E-state index in [1.54, 1.807) is 11.3 Å². The fourth-order valence-electron chi connectivity index (χ4n) is 2.42. The second kappa shape index (κ2) is 5.17. The quantitative estimate of drug-likeness (QED) is 0.856. The molecule has 1 saturated carbocycles. The van der Waals surface area contributed by atoms with Crippen LogP contribution in [0.3, 0.4) is 0 Å². The summed E-state index contributed by atoms with van der Waals surface area (Å²) in [4.78, 5) is 5.89. The van der Waals surface area contributed by atoms with Crippen LogP contribution >= 0.6 is 11.3 Å². The summed E-state index contributed by atoms with van der Waals surface area (Å²) in [6.45, 7) is 6.54. The lowest BCUT2D eigenvalue weighted by Crippen LogP contribution is -2.25. The largest absolute Gasteiger partial charge is 0.359 e. The summed E-state index contributed by atoms with van der Waals surface area (Å²) in [7, 11) is 0. The summed E-state index contributed by atoms with van der Waals surface area (Å²) < 4.78 is 0. The van der Waals surface area contributed by atoms with E-state index in [1.165, 1.54) is 42.7 Å². The number of hydrogen-bond acceptors (Lipinski definition) is 3. The maximum absolute atomic E-state index is 4.55. The Morgan fingerprint density at radius 2 is 1.94 bits per heavy atom. The second-order valence-corrected chi connectivity index (χ2v) is 6.13. The number of nitrogens with one attached hydrogen (secondary N) is 1. The van der Waals surface area contributed by atoms with Crippen LogP contribution in [-0.4, -0.2) is 11.0 Å². The van der Waals surface area contributed by atoms with Crippen LogP contribution in [0.2, 0.25) is 0 Å². The molecule has 1 heterocycles. The third kappa shape index (κ3) is 2.76. The van der Waals surface area contributed by atoms with Crippen LogP contribution in [-0.2, 0) is 0 Å². The van der Waals surface area contributed by atoms with E-state index in [-0.39, 0.29) is 0 Å². The Morgan fingerprint density at radius 3 is 2.44 bits per heavy atom. The first-order valence-electron chi connectivity index (χ1n) is 6.39. The third-order valence-corrected chi connectivity index (χ3v) is 4.78. The minimum absolute atomic E-state index is 0.660. The van der Waals surface area contributed by atoms with Crippen molar-refractivity contribution in [3.8, 4) is 0 Å². The fourth-order valence-corrected chi connectivity index (χ4v) is 3.32. The molecule has 1 fully saturated rings. The van der Waals surface area contributed by atoms with Gasteiger partial charge >= 0.3 is 0 Å². The number of thiazole rings is 1. The van der Waals surface area contributed by atoms with Crippen molar-refractivity contribution in [2.24, 2.45) is 5.92 Å². The van der Waals surface area contributed by atoms with Crippen LogP contribution in [0.15, 0.2) is 0 Å². The lowest BCUT2D eigenvalue weighted by Gasteiger charge is -2.28. The minimum atomic E-state index is 0.660. The van der Waals surface area contributed by atoms with E-state index in [0.717, 1.165) is 11.0 Å². The predicted molar refractivity (Wildman–Crippen MR) is 71.2 cm³/mol. The first-order chi connectivity index (χ1) is 7.69. The van der Waals surface area contributed by atoms with Crippen molar-refractivity contribution < 1.29 is 0 Å². The normalized spacial score (nSPS) is 25.7. The molecule has 90 valence electrons. The third-order valence-electron chi connectivity index (χ3n) is 3.78. The highest BCUT2D eigenvalue weighted by Gasteiger charge is 2.20. The van der Waals surface area contributed by atoms with Gasteiger partial charge in [0.15, 0.2) is 5.13 Å². The fraction of sp³-hybridized carbons (Fsp3) is 0.769. The van der Waals surface area contributed by atoms with E-state index in [1.807, 2.05) is 0 Å². The molecule has 0 amide bonds. The van der Waals surface area contributed by atoms with Gasteiger partial charge in [0.1, 0.15) is 0 Å². The van der Waals surface area contributed by atoms with Crippen molar-refractivity contribution in [1.82, 2.24) is 4.98 Å². The molecule has 16 heavy (non-hydrogen) atoms. The van der Waals surface area contributed by atoms with Gasteiger partial charge in [0.2, 0.25) is 0 Å². The molecule has 1 aromatic rings. The summed E-state index contributed by atoms with van der Waals surface area (Å²) in [6.07, 6.45) is 6.75. The number of hydrogen-bond donors (Lipinski definition) is 1. The maximum atomic E-state index is 4.55. The molecule has 0 atom stereocenters. The van der Waals surface area contributed by atoms with Gasteiger partial charge in [-0.25, -0.2) is 4.98 Å². The zero-order valence-electron chi connectivity index (χ0n) is 10.5.